The lowest BCUT2D eigenvalue weighted by molar-refractivity contribution is -0.126. The molecule has 0 radical (unpaired) electrons. The van der Waals surface area contributed by atoms with Crippen molar-refractivity contribution >= 4 is 11.6 Å². The molecule has 1 aromatic carbocycles. The summed E-state index contributed by atoms with van der Waals surface area (Å²) >= 11 is 0. The minimum Gasteiger partial charge on any atom is -0.382 e. The number of hydrogen-bond acceptors (Lipinski definition) is 3. The summed E-state index contributed by atoms with van der Waals surface area (Å²) < 4.78 is 0. The van der Waals surface area contributed by atoms with Crippen LogP contribution in [-0.4, -0.2) is 24.5 Å². The number of likely N-dealkylation sites (N-methyl/N-ethyl adjacent to an activating group) is 1. The average molecular weight is 289 g/mol. The molecule has 0 bridgehead atoms. The Morgan fingerprint density at radius 2 is 2.05 bits per heavy atom. The predicted molar refractivity (Wildman–Crippen MR) is 87.1 cm³/mol. The first kappa shape index (κ1) is 15.8. The maximum atomic E-state index is 11.8. The van der Waals surface area contributed by atoms with Crippen LogP contribution >= 0.6 is 0 Å². The zero-order valence-electron chi connectivity index (χ0n) is 13.1. The van der Waals surface area contributed by atoms with Crippen LogP contribution in [0.4, 0.5) is 5.69 Å². The Morgan fingerprint density at radius 3 is 2.71 bits per heavy atom. The lowest BCUT2D eigenvalue weighted by Gasteiger charge is -2.34. The van der Waals surface area contributed by atoms with E-state index in [9.17, 15) is 4.79 Å². The maximum Gasteiger partial charge on any atom is 0.239 e. The number of rotatable bonds is 5. The van der Waals surface area contributed by atoms with E-state index in [2.05, 4.69) is 22.8 Å². The fourth-order valence-electron chi connectivity index (χ4n) is 3.36. The Kier molecular flexibility index (Phi) is 5.23. The number of amides is 1. The minimum absolute atomic E-state index is 0.0688. The Morgan fingerprint density at radius 1 is 1.33 bits per heavy atom. The number of nitrogens with one attached hydrogen (secondary N) is 2. The SMILES string of the molecule is CNC(=O)[C@](C)(N)C[C@H]1CCC[C@@H](Nc2ccccc2)C1. The molecule has 116 valence electrons. The highest BCUT2D eigenvalue weighted by atomic mass is 16.2. The van der Waals surface area contributed by atoms with Gasteiger partial charge in [-0.1, -0.05) is 31.0 Å². The van der Waals surface area contributed by atoms with Gasteiger partial charge in [-0.2, -0.15) is 0 Å². The molecule has 0 heterocycles. The van der Waals surface area contributed by atoms with E-state index in [1.165, 1.54) is 18.5 Å². The lowest BCUT2D eigenvalue weighted by Crippen LogP contribution is -2.52. The first-order valence-electron chi connectivity index (χ1n) is 7.84. The van der Waals surface area contributed by atoms with Gasteiger partial charge < -0.3 is 16.4 Å². The maximum absolute atomic E-state index is 11.8. The topological polar surface area (TPSA) is 67.2 Å². The zero-order chi connectivity index (χ0) is 15.3. The molecule has 1 saturated carbocycles. The van der Waals surface area contributed by atoms with Crippen LogP contribution in [0.3, 0.4) is 0 Å². The molecule has 1 aliphatic rings. The van der Waals surface area contributed by atoms with Crippen molar-refractivity contribution < 1.29 is 4.79 Å². The van der Waals surface area contributed by atoms with Gasteiger partial charge in [0.2, 0.25) is 5.91 Å². The predicted octanol–water partition coefficient (Wildman–Crippen LogP) is 2.51. The van der Waals surface area contributed by atoms with Crippen molar-refractivity contribution in [2.75, 3.05) is 12.4 Å². The van der Waals surface area contributed by atoms with Gasteiger partial charge in [0.25, 0.3) is 0 Å². The van der Waals surface area contributed by atoms with Crippen LogP contribution in [0.2, 0.25) is 0 Å². The normalized spacial score (nSPS) is 24.9. The highest BCUT2D eigenvalue weighted by Gasteiger charge is 2.33. The lowest BCUT2D eigenvalue weighted by atomic mass is 9.78. The largest absolute Gasteiger partial charge is 0.382 e. The van der Waals surface area contributed by atoms with Crippen LogP contribution in [-0.2, 0) is 4.79 Å². The number of benzene rings is 1. The second-order valence-corrected chi connectivity index (χ2v) is 6.44. The van der Waals surface area contributed by atoms with Crippen LogP contribution in [0.15, 0.2) is 30.3 Å². The Balaban J connectivity index is 1.90. The van der Waals surface area contributed by atoms with Gasteiger partial charge in [0.05, 0.1) is 5.54 Å². The summed E-state index contributed by atoms with van der Waals surface area (Å²) in [5.74, 6) is 0.438. The fourth-order valence-corrected chi connectivity index (χ4v) is 3.36. The molecule has 3 atom stereocenters. The van der Waals surface area contributed by atoms with Gasteiger partial charge in [0.1, 0.15) is 0 Å². The number of anilines is 1. The minimum atomic E-state index is -0.770. The van der Waals surface area contributed by atoms with E-state index in [0.29, 0.717) is 12.0 Å². The van der Waals surface area contributed by atoms with E-state index in [1.54, 1.807) is 7.05 Å². The molecule has 0 unspecified atom stereocenters. The van der Waals surface area contributed by atoms with Crippen molar-refractivity contribution in [2.45, 2.75) is 50.6 Å². The number of hydrogen-bond donors (Lipinski definition) is 3. The molecule has 21 heavy (non-hydrogen) atoms. The summed E-state index contributed by atoms with van der Waals surface area (Å²) in [5.41, 5.74) is 6.57. The summed E-state index contributed by atoms with van der Waals surface area (Å²) in [5, 5.41) is 6.26. The fraction of sp³-hybridized carbons (Fsp3) is 0.588. The van der Waals surface area contributed by atoms with E-state index in [1.807, 2.05) is 25.1 Å². The molecule has 2 rings (SSSR count). The molecule has 0 saturated heterocycles. The quantitative estimate of drug-likeness (QED) is 0.780. The monoisotopic (exact) mass is 289 g/mol. The van der Waals surface area contributed by atoms with E-state index in [4.69, 9.17) is 5.73 Å². The summed E-state index contributed by atoms with van der Waals surface area (Å²) in [7, 11) is 1.65. The van der Waals surface area contributed by atoms with E-state index >= 15 is 0 Å². The number of carbonyl (C=O) groups excluding carboxylic acids is 1. The van der Waals surface area contributed by atoms with Crippen molar-refractivity contribution in [3.63, 3.8) is 0 Å². The third-order valence-electron chi connectivity index (χ3n) is 4.39. The van der Waals surface area contributed by atoms with Gasteiger partial charge >= 0.3 is 0 Å². The smallest absolute Gasteiger partial charge is 0.239 e. The molecular weight excluding hydrogens is 262 g/mol. The molecule has 4 N–H and O–H groups in total. The van der Waals surface area contributed by atoms with E-state index in [0.717, 1.165) is 19.3 Å². The number of carbonyl (C=O) groups is 1. The molecule has 0 aliphatic heterocycles. The van der Waals surface area contributed by atoms with Crippen molar-refractivity contribution in [1.82, 2.24) is 5.32 Å². The summed E-state index contributed by atoms with van der Waals surface area (Å²) in [6.07, 6.45) is 5.38. The first-order chi connectivity index (χ1) is 10.0. The molecule has 4 nitrogen and oxygen atoms in total. The van der Waals surface area contributed by atoms with Gasteiger partial charge in [-0.15, -0.1) is 0 Å². The van der Waals surface area contributed by atoms with Crippen LogP contribution in [0.25, 0.3) is 0 Å². The van der Waals surface area contributed by atoms with Gasteiger partial charge in [-0.05, 0) is 44.2 Å². The Bertz CT molecular complexity index is 458. The summed E-state index contributed by atoms with van der Waals surface area (Å²) in [4.78, 5) is 11.8. The average Bonchev–Trinajstić information content (AvgIpc) is 2.47. The molecule has 1 fully saturated rings. The van der Waals surface area contributed by atoms with Crippen LogP contribution in [0.5, 0.6) is 0 Å². The van der Waals surface area contributed by atoms with Gasteiger partial charge in [-0.3, -0.25) is 4.79 Å². The van der Waals surface area contributed by atoms with Gasteiger partial charge in [-0.25, -0.2) is 0 Å². The van der Waals surface area contributed by atoms with Crippen LogP contribution in [0.1, 0.15) is 39.0 Å². The Hall–Kier alpha value is -1.55. The highest BCUT2D eigenvalue weighted by Crippen LogP contribution is 2.31. The Labute approximate surface area is 127 Å². The van der Waals surface area contributed by atoms with Crippen molar-refractivity contribution in [1.29, 1.82) is 0 Å². The van der Waals surface area contributed by atoms with Crippen molar-refractivity contribution in [3.8, 4) is 0 Å². The van der Waals surface area contributed by atoms with Crippen LogP contribution in [0, 0.1) is 5.92 Å². The van der Waals surface area contributed by atoms with Gasteiger partial charge in [0.15, 0.2) is 0 Å². The van der Waals surface area contributed by atoms with E-state index < -0.39 is 5.54 Å². The summed E-state index contributed by atoms with van der Waals surface area (Å²) in [6, 6.07) is 10.8. The second kappa shape index (κ2) is 6.94. The summed E-state index contributed by atoms with van der Waals surface area (Å²) in [6.45, 7) is 1.83. The molecule has 0 aromatic heterocycles. The molecular formula is C17H27N3O. The van der Waals surface area contributed by atoms with Gasteiger partial charge in [0, 0.05) is 18.8 Å². The zero-order valence-corrected chi connectivity index (χ0v) is 13.1. The van der Waals surface area contributed by atoms with Crippen molar-refractivity contribution in [3.05, 3.63) is 30.3 Å². The molecule has 1 aromatic rings. The second-order valence-electron chi connectivity index (χ2n) is 6.44. The third kappa shape index (κ3) is 4.46. The van der Waals surface area contributed by atoms with Crippen LogP contribution < -0.4 is 16.4 Å². The molecule has 4 heteroatoms. The standard InChI is InChI=1S/C17H27N3O/c1-17(18,16(21)19-2)12-13-7-6-10-15(11-13)20-14-8-4-3-5-9-14/h3-5,8-9,13,15,20H,6-7,10-12,18H2,1-2H3,(H,19,21)/t13-,15+,17+/m0/s1. The van der Waals surface area contributed by atoms with E-state index in [-0.39, 0.29) is 5.91 Å². The molecule has 1 aliphatic carbocycles. The first-order valence-corrected chi connectivity index (χ1v) is 7.84. The van der Waals surface area contributed by atoms with Crippen molar-refractivity contribution in [2.24, 2.45) is 11.7 Å². The highest BCUT2D eigenvalue weighted by molar-refractivity contribution is 5.85. The molecule has 0 spiro atoms. The molecule has 1 amide bonds. The number of nitrogens with two attached hydrogens (primary N) is 1. The third-order valence-corrected chi connectivity index (χ3v) is 4.39. The number of para-hydroxylation sites is 1.